The van der Waals surface area contributed by atoms with Crippen molar-refractivity contribution in [2.45, 2.75) is 36.6 Å². The fourth-order valence-corrected chi connectivity index (χ4v) is 3.54. The molecule has 3 rings (SSSR count). The molecule has 0 radical (unpaired) electrons. The van der Waals surface area contributed by atoms with E-state index in [0.29, 0.717) is 5.56 Å². The smallest absolute Gasteiger partial charge is 0.255 e. The van der Waals surface area contributed by atoms with E-state index in [1.54, 1.807) is 18.0 Å². The van der Waals surface area contributed by atoms with Gasteiger partial charge in [0.2, 0.25) is 0 Å². The Balaban J connectivity index is 1.74. The summed E-state index contributed by atoms with van der Waals surface area (Å²) in [6.07, 6.45) is 3.92. The van der Waals surface area contributed by atoms with Crippen LogP contribution in [-0.4, -0.2) is 28.9 Å². The van der Waals surface area contributed by atoms with Gasteiger partial charge in [-0.15, -0.1) is 0 Å². The number of carbonyl (C=O) groups excluding carboxylic acids is 1. The number of benzene rings is 1. The zero-order valence-corrected chi connectivity index (χ0v) is 13.8. The van der Waals surface area contributed by atoms with Gasteiger partial charge in [-0.3, -0.25) is 4.79 Å². The lowest BCUT2D eigenvalue weighted by Crippen LogP contribution is -2.27. The molecule has 2 heterocycles. The fourth-order valence-electron chi connectivity index (χ4n) is 2.60. The zero-order chi connectivity index (χ0) is 15.5. The molecule has 2 aromatic rings. The van der Waals surface area contributed by atoms with E-state index in [1.165, 1.54) is 16.0 Å². The number of pyridine rings is 1. The number of aromatic nitrogens is 1. The van der Waals surface area contributed by atoms with Crippen molar-refractivity contribution >= 4 is 17.7 Å². The first-order chi connectivity index (χ1) is 10.6. The van der Waals surface area contributed by atoms with Crippen molar-refractivity contribution in [1.29, 1.82) is 0 Å². The van der Waals surface area contributed by atoms with Crippen LogP contribution >= 0.6 is 11.8 Å². The number of carbonyl (C=O) groups is 1. The molecule has 1 aromatic heterocycles. The molecule has 0 atom stereocenters. The highest BCUT2D eigenvalue weighted by Crippen LogP contribution is 2.29. The summed E-state index contributed by atoms with van der Waals surface area (Å²) in [7, 11) is 0. The fraction of sp³-hybridized carbons (Fsp3) is 0.333. The van der Waals surface area contributed by atoms with Gasteiger partial charge in [0.15, 0.2) is 0 Å². The average molecular weight is 312 g/mol. The molecule has 1 amide bonds. The van der Waals surface area contributed by atoms with Gasteiger partial charge in [-0.2, -0.15) is 0 Å². The first kappa shape index (κ1) is 15.1. The summed E-state index contributed by atoms with van der Waals surface area (Å²) in [4.78, 5) is 19.9. The van der Waals surface area contributed by atoms with E-state index in [4.69, 9.17) is 0 Å². The van der Waals surface area contributed by atoms with Crippen LogP contribution in [0.25, 0.3) is 0 Å². The van der Waals surface area contributed by atoms with Crippen molar-refractivity contribution in [3.05, 3.63) is 53.2 Å². The van der Waals surface area contributed by atoms with Crippen molar-refractivity contribution in [1.82, 2.24) is 9.88 Å². The van der Waals surface area contributed by atoms with Crippen LogP contribution in [0.4, 0.5) is 0 Å². The van der Waals surface area contributed by atoms with Gasteiger partial charge in [-0.1, -0.05) is 23.9 Å². The van der Waals surface area contributed by atoms with Crippen LogP contribution in [0, 0.1) is 13.8 Å². The standard InChI is InChI=1S/C18H20N2OS/c1-13-5-6-14(2)16(11-13)22-17-8-7-15(12-19-17)18(21)20-9-3-4-10-20/h5-8,11-12H,3-4,9-10H2,1-2H3. The molecule has 0 bridgehead atoms. The van der Waals surface area contributed by atoms with Gasteiger partial charge in [0.05, 0.1) is 5.56 Å². The van der Waals surface area contributed by atoms with Crippen LogP contribution in [0.5, 0.6) is 0 Å². The lowest BCUT2D eigenvalue weighted by Gasteiger charge is -2.15. The summed E-state index contributed by atoms with van der Waals surface area (Å²) >= 11 is 1.65. The summed E-state index contributed by atoms with van der Waals surface area (Å²) in [5, 5.41) is 0.923. The van der Waals surface area contributed by atoms with E-state index >= 15 is 0 Å². The summed E-state index contributed by atoms with van der Waals surface area (Å²) in [5.41, 5.74) is 3.18. The molecule has 1 aliphatic rings. The maximum Gasteiger partial charge on any atom is 0.255 e. The van der Waals surface area contributed by atoms with Gasteiger partial charge in [-0.25, -0.2) is 4.98 Å². The van der Waals surface area contributed by atoms with Crippen LogP contribution in [0.2, 0.25) is 0 Å². The predicted molar refractivity (Wildman–Crippen MR) is 89.4 cm³/mol. The number of hydrogen-bond acceptors (Lipinski definition) is 3. The van der Waals surface area contributed by atoms with E-state index in [1.807, 2.05) is 17.0 Å². The highest BCUT2D eigenvalue weighted by atomic mass is 32.2. The number of nitrogens with zero attached hydrogens (tertiary/aromatic N) is 2. The Labute approximate surface area is 135 Å². The molecular weight excluding hydrogens is 292 g/mol. The largest absolute Gasteiger partial charge is 0.339 e. The monoisotopic (exact) mass is 312 g/mol. The molecule has 1 aromatic carbocycles. The second-order valence-corrected chi connectivity index (χ2v) is 6.82. The summed E-state index contributed by atoms with van der Waals surface area (Å²) in [6.45, 7) is 5.94. The van der Waals surface area contributed by atoms with E-state index < -0.39 is 0 Å². The maximum absolute atomic E-state index is 12.3. The predicted octanol–water partition coefficient (Wildman–Crippen LogP) is 4.09. The van der Waals surface area contributed by atoms with Crippen LogP contribution in [0.15, 0.2) is 46.5 Å². The van der Waals surface area contributed by atoms with Crippen molar-refractivity contribution in [3.63, 3.8) is 0 Å². The highest BCUT2D eigenvalue weighted by molar-refractivity contribution is 7.99. The lowest BCUT2D eigenvalue weighted by atomic mass is 10.2. The third-order valence-corrected chi connectivity index (χ3v) is 5.05. The highest BCUT2D eigenvalue weighted by Gasteiger charge is 2.19. The van der Waals surface area contributed by atoms with Crippen molar-refractivity contribution in [2.24, 2.45) is 0 Å². The van der Waals surface area contributed by atoms with Gasteiger partial charge >= 0.3 is 0 Å². The summed E-state index contributed by atoms with van der Waals surface area (Å²) in [5.74, 6) is 0.105. The molecule has 114 valence electrons. The molecule has 1 saturated heterocycles. The Morgan fingerprint density at radius 2 is 1.91 bits per heavy atom. The normalized spacial score (nSPS) is 14.4. The lowest BCUT2D eigenvalue weighted by molar-refractivity contribution is 0.0792. The van der Waals surface area contributed by atoms with Gasteiger partial charge in [-0.05, 0) is 56.0 Å². The molecular formula is C18H20N2OS. The van der Waals surface area contributed by atoms with Crippen molar-refractivity contribution in [2.75, 3.05) is 13.1 Å². The molecule has 1 aliphatic heterocycles. The Hall–Kier alpha value is -1.81. The van der Waals surface area contributed by atoms with E-state index in [-0.39, 0.29) is 5.91 Å². The minimum atomic E-state index is 0.105. The topological polar surface area (TPSA) is 33.2 Å². The minimum Gasteiger partial charge on any atom is -0.339 e. The van der Waals surface area contributed by atoms with Crippen LogP contribution < -0.4 is 0 Å². The minimum absolute atomic E-state index is 0.105. The third kappa shape index (κ3) is 3.33. The first-order valence-electron chi connectivity index (χ1n) is 7.64. The summed E-state index contributed by atoms with van der Waals surface area (Å²) < 4.78 is 0. The SMILES string of the molecule is Cc1ccc(C)c(Sc2ccc(C(=O)N3CCCC3)cn2)c1. The number of rotatable bonds is 3. The zero-order valence-electron chi connectivity index (χ0n) is 13.0. The maximum atomic E-state index is 12.3. The molecule has 22 heavy (non-hydrogen) atoms. The van der Waals surface area contributed by atoms with Crippen LogP contribution in [0.1, 0.15) is 34.3 Å². The Morgan fingerprint density at radius 3 is 2.59 bits per heavy atom. The number of aryl methyl sites for hydroxylation is 2. The van der Waals surface area contributed by atoms with Crippen molar-refractivity contribution < 1.29 is 4.79 Å². The molecule has 0 N–H and O–H groups in total. The first-order valence-corrected chi connectivity index (χ1v) is 8.45. The molecule has 0 spiro atoms. The second kappa shape index (κ2) is 6.53. The molecule has 1 fully saturated rings. The summed E-state index contributed by atoms with van der Waals surface area (Å²) in [6, 6.07) is 10.2. The van der Waals surface area contributed by atoms with Gasteiger partial charge in [0, 0.05) is 24.2 Å². The third-order valence-electron chi connectivity index (χ3n) is 3.93. The molecule has 0 aliphatic carbocycles. The Bertz CT molecular complexity index is 676. The number of likely N-dealkylation sites (tertiary alicyclic amines) is 1. The quantitative estimate of drug-likeness (QED) is 0.856. The second-order valence-electron chi connectivity index (χ2n) is 5.76. The van der Waals surface area contributed by atoms with Gasteiger partial charge in [0.1, 0.15) is 5.03 Å². The molecule has 4 heteroatoms. The van der Waals surface area contributed by atoms with Crippen LogP contribution in [-0.2, 0) is 0 Å². The molecule has 3 nitrogen and oxygen atoms in total. The van der Waals surface area contributed by atoms with Crippen LogP contribution in [0.3, 0.4) is 0 Å². The van der Waals surface area contributed by atoms with Gasteiger partial charge < -0.3 is 4.90 Å². The van der Waals surface area contributed by atoms with Crippen molar-refractivity contribution in [3.8, 4) is 0 Å². The van der Waals surface area contributed by atoms with E-state index in [0.717, 1.165) is 31.0 Å². The average Bonchev–Trinajstić information content (AvgIpc) is 3.05. The number of amides is 1. The molecule has 0 saturated carbocycles. The van der Waals surface area contributed by atoms with E-state index in [9.17, 15) is 4.79 Å². The Kier molecular flexibility index (Phi) is 4.48. The van der Waals surface area contributed by atoms with E-state index in [2.05, 4.69) is 37.0 Å². The number of hydrogen-bond donors (Lipinski definition) is 0. The molecule has 0 unspecified atom stereocenters. The van der Waals surface area contributed by atoms with Gasteiger partial charge in [0.25, 0.3) is 5.91 Å². The Morgan fingerprint density at radius 1 is 1.14 bits per heavy atom.